The van der Waals surface area contributed by atoms with Gasteiger partial charge >= 0.3 is 0 Å². The lowest BCUT2D eigenvalue weighted by molar-refractivity contribution is 0.195. The molecule has 0 saturated carbocycles. The van der Waals surface area contributed by atoms with Gasteiger partial charge in [-0.1, -0.05) is 6.92 Å². The van der Waals surface area contributed by atoms with Gasteiger partial charge in [0.05, 0.1) is 0 Å². The molecule has 20 heavy (non-hydrogen) atoms. The third-order valence-electron chi connectivity index (χ3n) is 3.67. The molecule has 7 heteroatoms. The van der Waals surface area contributed by atoms with Gasteiger partial charge in [0, 0.05) is 19.3 Å². The topological polar surface area (TPSA) is 88.3 Å². The highest BCUT2D eigenvalue weighted by atomic mass is 32.2. The Labute approximate surface area is 120 Å². The summed E-state index contributed by atoms with van der Waals surface area (Å²) in [7, 11) is -3.48. The summed E-state index contributed by atoms with van der Waals surface area (Å²) in [6, 6.07) is 2.95. The molecule has 6 nitrogen and oxygen atoms in total. The van der Waals surface area contributed by atoms with Crippen LogP contribution in [-0.2, 0) is 10.0 Å². The molecule has 3 N–H and O–H groups in total. The first-order valence-corrected chi connectivity index (χ1v) is 8.39. The number of piperidine rings is 1. The van der Waals surface area contributed by atoms with Crippen molar-refractivity contribution < 1.29 is 8.42 Å². The van der Waals surface area contributed by atoms with E-state index in [2.05, 4.69) is 21.5 Å². The number of nitrogens with two attached hydrogens (primary N) is 1. The number of rotatable bonds is 5. The Balaban J connectivity index is 1.82. The summed E-state index contributed by atoms with van der Waals surface area (Å²) in [5.41, 5.74) is 5.45. The molecule has 0 spiro atoms. The van der Waals surface area contributed by atoms with Crippen molar-refractivity contribution in [1.29, 1.82) is 0 Å². The molecule has 112 valence electrons. The summed E-state index contributed by atoms with van der Waals surface area (Å²) < 4.78 is 26.7. The van der Waals surface area contributed by atoms with Crippen molar-refractivity contribution in [2.45, 2.75) is 24.7 Å². The third kappa shape index (κ3) is 4.16. The Bertz CT molecular complexity index is 522. The summed E-state index contributed by atoms with van der Waals surface area (Å²) in [6.45, 7) is 5.52. The van der Waals surface area contributed by atoms with Gasteiger partial charge in [-0.25, -0.2) is 18.1 Å². The summed E-state index contributed by atoms with van der Waals surface area (Å²) in [5, 5.41) is 0. The first-order valence-electron chi connectivity index (χ1n) is 6.91. The first-order chi connectivity index (χ1) is 9.47. The fourth-order valence-electron chi connectivity index (χ4n) is 2.26. The van der Waals surface area contributed by atoms with Crippen LogP contribution in [0.15, 0.2) is 23.2 Å². The number of hydrogen-bond acceptors (Lipinski definition) is 5. The highest BCUT2D eigenvalue weighted by Crippen LogP contribution is 2.15. The van der Waals surface area contributed by atoms with Crippen molar-refractivity contribution in [2.75, 3.05) is 31.9 Å². The summed E-state index contributed by atoms with van der Waals surface area (Å²) in [5.74, 6) is 1.09. The molecule has 1 aromatic rings. The quantitative estimate of drug-likeness (QED) is 0.834. The van der Waals surface area contributed by atoms with E-state index in [0.29, 0.717) is 12.4 Å². The number of sulfonamides is 1. The first kappa shape index (κ1) is 15.2. The lowest BCUT2D eigenvalue weighted by Crippen LogP contribution is -2.39. The minimum absolute atomic E-state index is 0.152. The molecule has 0 aliphatic carbocycles. The van der Waals surface area contributed by atoms with Crippen LogP contribution in [-0.4, -0.2) is 44.5 Å². The van der Waals surface area contributed by atoms with E-state index in [-0.39, 0.29) is 4.90 Å². The zero-order valence-corrected chi connectivity index (χ0v) is 12.6. The average molecular weight is 298 g/mol. The predicted octanol–water partition coefficient (Wildman–Crippen LogP) is 0.674. The zero-order valence-electron chi connectivity index (χ0n) is 11.7. The molecule has 1 aliphatic heterocycles. The standard InChI is InChI=1S/C13H22N4O2S/c1-11-4-7-17(8-5-11)9-6-16-20(18,19)12-2-3-13(14)15-10-12/h2-3,10-11,16H,4-9H2,1H3,(H2,14,15). The second-order valence-corrected chi connectivity index (χ2v) is 7.11. The molecule has 0 amide bonds. The van der Waals surface area contributed by atoms with E-state index in [4.69, 9.17) is 5.73 Å². The van der Waals surface area contributed by atoms with Crippen LogP contribution in [0.1, 0.15) is 19.8 Å². The van der Waals surface area contributed by atoms with Gasteiger partial charge in [0.15, 0.2) is 0 Å². The Hall–Kier alpha value is -1.18. The number of nitrogen functional groups attached to an aromatic ring is 1. The van der Waals surface area contributed by atoms with Gasteiger partial charge < -0.3 is 10.6 Å². The lowest BCUT2D eigenvalue weighted by atomic mass is 9.99. The number of anilines is 1. The van der Waals surface area contributed by atoms with Crippen LogP contribution in [0.25, 0.3) is 0 Å². The molecule has 1 fully saturated rings. The molecule has 1 saturated heterocycles. The largest absolute Gasteiger partial charge is 0.384 e. The maximum Gasteiger partial charge on any atom is 0.242 e. The number of nitrogens with one attached hydrogen (secondary N) is 1. The van der Waals surface area contributed by atoms with E-state index in [9.17, 15) is 8.42 Å². The fraction of sp³-hybridized carbons (Fsp3) is 0.615. The lowest BCUT2D eigenvalue weighted by Gasteiger charge is -2.30. The van der Waals surface area contributed by atoms with E-state index < -0.39 is 10.0 Å². The smallest absolute Gasteiger partial charge is 0.242 e. The van der Waals surface area contributed by atoms with Gasteiger partial charge in [-0.15, -0.1) is 0 Å². The van der Waals surface area contributed by atoms with Crippen molar-refractivity contribution in [3.63, 3.8) is 0 Å². The summed E-state index contributed by atoms with van der Waals surface area (Å²) in [4.78, 5) is 6.25. The van der Waals surface area contributed by atoms with Crippen LogP contribution < -0.4 is 10.5 Å². The molecule has 0 aromatic carbocycles. The SMILES string of the molecule is CC1CCN(CCNS(=O)(=O)c2ccc(N)nc2)CC1. The van der Waals surface area contributed by atoms with Crippen LogP contribution >= 0.6 is 0 Å². The molecule has 0 bridgehead atoms. The molecule has 1 aromatic heterocycles. The van der Waals surface area contributed by atoms with Gasteiger partial charge in [0.25, 0.3) is 0 Å². The zero-order chi connectivity index (χ0) is 14.6. The minimum atomic E-state index is -3.48. The van der Waals surface area contributed by atoms with Gasteiger partial charge in [-0.05, 0) is 44.0 Å². The highest BCUT2D eigenvalue weighted by molar-refractivity contribution is 7.89. The van der Waals surface area contributed by atoms with Gasteiger partial charge in [0.2, 0.25) is 10.0 Å². The van der Waals surface area contributed by atoms with Crippen LogP contribution in [0.2, 0.25) is 0 Å². The molecular formula is C13H22N4O2S. The van der Waals surface area contributed by atoms with Crippen LogP contribution in [0.3, 0.4) is 0 Å². The van der Waals surface area contributed by atoms with Gasteiger partial charge in [-0.2, -0.15) is 0 Å². The Morgan fingerprint density at radius 1 is 1.40 bits per heavy atom. The molecule has 0 atom stereocenters. The number of likely N-dealkylation sites (tertiary alicyclic amines) is 1. The highest BCUT2D eigenvalue weighted by Gasteiger charge is 2.17. The van der Waals surface area contributed by atoms with Crippen molar-refractivity contribution >= 4 is 15.8 Å². The predicted molar refractivity (Wildman–Crippen MR) is 78.7 cm³/mol. The maximum atomic E-state index is 12.0. The average Bonchev–Trinajstić information content (AvgIpc) is 2.41. The van der Waals surface area contributed by atoms with Gasteiger partial charge in [-0.3, -0.25) is 0 Å². The van der Waals surface area contributed by atoms with Crippen LogP contribution in [0.5, 0.6) is 0 Å². The van der Waals surface area contributed by atoms with Crippen molar-refractivity contribution in [3.8, 4) is 0 Å². The molecule has 0 unspecified atom stereocenters. The van der Waals surface area contributed by atoms with Crippen molar-refractivity contribution in [1.82, 2.24) is 14.6 Å². The molecule has 2 heterocycles. The van der Waals surface area contributed by atoms with Crippen LogP contribution in [0.4, 0.5) is 5.82 Å². The maximum absolute atomic E-state index is 12.0. The Kier molecular flexibility index (Phi) is 4.95. The van der Waals surface area contributed by atoms with Crippen LogP contribution in [0, 0.1) is 5.92 Å². The van der Waals surface area contributed by atoms with E-state index >= 15 is 0 Å². The second kappa shape index (κ2) is 6.51. The van der Waals surface area contributed by atoms with E-state index in [1.165, 1.54) is 31.2 Å². The van der Waals surface area contributed by atoms with E-state index in [1.807, 2.05) is 0 Å². The van der Waals surface area contributed by atoms with Gasteiger partial charge in [0.1, 0.15) is 10.7 Å². The molecule has 2 rings (SSSR count). The van der Waals surface area contributed by atoms with E-state index in [0.717, 1.165) is 25.6 Å². The second-order valence-electron chi connectivity index (χ2n) is 5.34. The summed E-state index contributed by atoms with van der Waals surface area (Å²) in [6.07, 6.45) is 3.66. The Morgan fingerprint density at radius 2 is 2.10 bits per heavy atom. The minimum Gasteiger partial charge on any atom is -0.384 e. The monoisotopic (exact) mass is 298 g/mol. The fourth-order valence-corrected chi connectivity index (χ4v) is 3.22. The Morgan fingerprint density at radius 3 is 2.70 bits per heavy atom. The number of nitrogens with zero attached hydrogens (tertiary/aromatic N) is 2. The summed E-state index contributed by atoms with van der Waals surface area (Å²) >= 11 is 0. The molecular weight excluding hydrogens is 276 g/mol. The normalized spacial score (nSPS) is 18.2. The third-order valence-corrected chi connectivity index (χ3v) is 5.11. The molecule has 1 aliphatic rings. The number of pyridine rings is 1. The molecule has 0 radical (unpaired) electrons. The van der Waals surface area contributed by atoms with Crippen molar-refractivity contribution in [3.05, 3.63) is 18.3 Å². The number of hydrogen-bond donors (Lipinski definition) is 2. The van der Waals surface area contributed by atoms with Crippen molar-refractivity contribution in [2.24, 2.45) is 5.92 Å². The number of aromatic nitrogens is 1. The van der Waals surface area contributed by atoms with E-state index in [1.54, 1.807) is 0 Å².